The summed E-state index contributed by atoms with van der Waals surface area (Å²) in [5.41, 5.74) is 8.66. The molecule has 3 heteroatoms. The third-order valence-electron chi connectivity index (χ3n) is 5.22. The van der Waals surface area contributed by atoms with E-state index in [1.807, 2.05) is 0 Å². The lowest BCUT2D eigenvalue weighted by Gasteiger charge is -2.47. The molecule has 2 saturated heterocycles. The van der Waals surface area contributed by atoms with Gasteiger partial charge < -0.3 is 5.73 Å². The maximum Gasteiger partial charge on any atom is 0.0240 e. The lowest BCUT2D eigenvalue weighted by Crippen LogP contribution is -2.58. The fourth-order valence-electron chi connectivity index (χ4n) is 3.96. The Bertz CT molecular complexity index is 460. The molecular formula is C18H29N3. The van der Waals surface area contributed by atoms with Gasteiger partial charge in [0.15, 0.2) is 0 Å². The molecule has 2 heterocycles. The van der Waals surface area contributed by atoms with E-state index >= 15 is 0 Å². The van der Waals surface area contributed by atoms with Gasteiger partial charge in [-0.2, -0.15) is 0 Å². The van der Waals surface area contributed by atoms with E-state index in [1.165, 1.54) is 50.0 Å². The number of hydrogen-bond acceptors (Lipinski definition) is 3. The highest BCUT2D eigenvalue weighted by Gasteiger charge is 2.32. The third kappa shape index (κ3) is 3.47. The van der Waals surface area contributed by atoms with Crippen LogP contribution in [0.2, 0.25) is 0 Å². The van der Waals surface area contributed by atoms with Gasteiger partial charge in [0.2, 0.25) is 0 Å². The van der Waals surface area contributed by atoms with E-state index in [2.05, 4.69) is 41.0 Å². The molecule has 3 nitrogen and oxygen atoms in total. The maximum atomic E-state index is 5.76. The summed E-state index contributed by atoms with van der Waals surface area (Å²) >= 11 is 0. The van der Waals surface area contributed by atoms with Crippen molar-refractivity contribution in [3.8, 4) is 0 Å². The molecule has 0 bridgehead atoms. The Morgan fingerprint density at radius 3 is 2.76 bits per heavy atom. The Morgan fingerprint density at radius 2 is 1.95 bits per heavy atom. The largest absolute Gasteiger partial charge is 0.330 e. The molecule has 3 rings (SSSR count). The molecule has 2 N–H and O–H groups in total. The first-order valence-corrected chi connectivity index (χ1v) is 8.53. The van der Waals surface area contributed by atoms with Crippen molar-refractivity contribution in [2.75, 3.05) is 26.2 Å². The molecule has 2 aliphatic heterocycles. The van der Waals surface area contributed by atoms with Crippen LogP contribution >= 0.6 is 0 Å². The average molecular weight is 287 g/mol. The van der Waals surface area contributed by atoms with Gasteiger partial charge in [-0.1, -0.05) is 30.7 Å². The van der Waals surface area contributed by atoms with Crippen molar-refractivity contribution in [1.29, 1.82) is 0 Å². The van der Waals surface area contributed by atoms with Crippen LogP contribution in [0.15, 0.2) is 24.3 Å². The van der Waals surface area contributed by atoms with Gasteiger partial charge in [-0.25, -0.2) is 0 Å². The van der Waals surface area contributed by atoms with E-state index in [1.54, 1.807) is 0 Å². The molecule has 0 saturated carbocycles. The summed E-state index contributed by atoms with van der Waals surface area (Å²) in [6.45, 7) is 8.00. The Labute approximate surface area is 129 Å². The van der Waals surface area contributed by atoms with Crippen LogP contribution in [0.1, 0.15) is 37.3 Å². The molecule has 1 aromatic rings. The zero-order valence-electron chi connectivity index (χ0n) is 13.3. The zero-order valence-corrected chi connectivity index (χ0v) is 13.3. The van der Waals surface area contributed by atoms with Crippen LogP contribution in [0.3, 0.4) is 0 Å². The predicted molar refractivity (Wildman–Crippen MR) is 88.3 cm³/mol. The summed E-state index contributed by atoms with van der Waals surface area (Å²) in [5.74, 6) is 0. The van der Waals surface area contributed by atoms with E-state index in [9.17, 15) is 0 Å². The molecular weight excluding hydrogens is 258 g/mol. The summed E-state index contributed by atoms with van der Waals surface area (Å²) < 4.78 is 0. The van der Waals surface area contributed by atoms with E-state index in [4.69, 9.17) is 5.73 Å². The first-order valence-electron chi connectivity index (χ1n) is 8.53. The first-order chi connectivity index (χ1) is 10.3. The van der Waals surface area contributed by atoms with Crippen molar-refractivity contribution < 1.29 is 0 Å². The van der Waals surface area contributed by atoms with Crippen LogP contribution < -0.4 is 5.73 Å². The summed E-state index contributed by atoms with van der Waals surface area (Å²) in [6, 6.07) is 10.3. The van der Waals surface area contributed by atoms with Crippen LogP contribution in [0, 0.1) is 0 Å². The fourth-order valence-corrected chi connectivity index (χ4v) is 3.96. The van der Waals surface area contributed by atoms with E-state index in [0.29, 0.717) is 6.04 Å². The number of fused-ring (bicyclic) bond motifs is 1. The van der Waals surface area contributed by atoms with Gasteiger partial charge in [0, 0.05) is 31.7 Å². The van der Waals surface area contributed by atoms with Crippen LogP contribution in [0.25, 0.3) is 0 Å². The summed E-state index contributed by atoms with van der Waals surface area (Å²) in [5, 5.41) is 0. The highest BCUT2D eigenvalue weighted by Crippen LogP contribution is 2.25. The van der Waals surface area contributed by atoms with Crippen molar-refractivity contribution in [3.63, 3.8) is 0 Å². The number of piperazine rings is 1. The summed E-state index contributed by atoms with van der Waals surface area (Å²) in [4.78, 5) is 5.40. The molecule has 2 atom stereocenters. The number of nitrogens with two attached hydrogens (primary N) is 1. The SMILES string of the molecule is CC1CN2CCCCC2CN1Cc1ccccc1CCN. The fraction of sp³-hybridized carbons (Fsp3) is 0.667. The minimum absolute atomic E-state index is 0.658. The molecule has 1 aromatic carbocycles. The minimum Gasteiger partial charge on any atom is -0.330 e. The van der Waals surface area contributed by atoms with Crippen molar-refractivity contribution >= 4 is 0 Å². The van der Waals surface area contributed by atoms with Crippen LogP contribution in [0.4, 0.5) is 0 Å². The molecule has 0 aliphatic carbocycles. The minimum atomic E-state index is 0.658. The lowest BCUT2D eigenvalue weighted by molar-refractivity contribution is 0.0110. The van der Waals surface area contributed by atoms with E-state index in [-0.39, 0.29) is 0 Å². The van der Waals surface area contributed by atoms with Crippen LogP contribution in [-0.4, -0.2) is 48.1 Å². The standard InChI is InChI=1S/C18H29N3/c1-15-12-20-11-5-4-8-18(20)14-21(15)13-17-7-3-2-6-16(17)9-10-19/h2-3,6-7,15,18H,4-5,8-14,19H2,1H3. The van der Waals surface area contributed by atoms with Gasteiger partial charge in [0.05, 0.1) is 0 Å². The smallest absolute Gasteiger partial charge is 0.0240 e. The quantitative estimate of drug-likeness (QED) is 0.922. The second kappa shape index (κ2) is 6.91. The van der Waals surface area contributed by atoms with Crippen LogP contribution in [0.5, 0.6) is 0 Å². The second-order valence-electron chi connectivity index (χ2n) is 6.73. The summed E-state index contributed by atoms with van der Waals surface area (Å²) in [7, 11) is 0. The Hall–Kier alpha value is -0.900. The lowest BCUT2D eigenvalue weighted by atomic mass is 9.96. The van der Waals surface area contributed by atoms with Gasteiger partial charge in [-0.15, -0.1) is 0 Å². The van der Waals surface area contributed by atoms with Gasteiger partial charge in [-0.3, -0.25) is 9.80 Å². The first kappa shape index (κ1) is 15.0. The predicted octanol–water partition coefficient (Wildman–Crippen LogP) is 2.25. The monoisotopic (exact) mass is 287 g/mol. The number of rotatable bonds is 4. The second-order valence-corrected chi connectivity index (χ2v) is 6.73. The maximum absolute atomic E-state index is 5.76. The normalized spacial score (nSPS) is 27.5. The highest BCUT2D eigenvalue weighted by molar-refractivity contribution is 5.27. The molecule has 2 aliphatic rings. The molecule has 0 radical (unpaired) electrons. The van der Waals surface area contributed by atoms with Crippen molar-refractivity contribution in [2.45, 2.75) is 51.2 Å². The molecule has 0 aromatic heterocycles. The molecule has 0 amide bonds. The van der Waals surface area contributed by atoms with E-state index < -0.39 is 0 Å². The molecule has 2 unspecified atom stereocenters. The number of nitrogens with zero attached hydrogens (tertiary/aromatic N) is 2. The third-order valence-corrected chi connectivity index (χ3v) is 5.22. The van der Waals surface area contributed by atoms with Crippen molar-refractivity contribution in [1.82, 2.24) is 9.80 Å². The zero-order chi connectivity index (χ0) is 14.7. The Balaban J connectivity index is 1.69. The molecule has 21 heavy (non-hydrogen) atoms. The van der Waals surface area contributed by atoms with Gasteiger partial charge >= 0.3 is 0 Å². The molecule has 0 spiro atoms. The highest BCUT2D eigenvalue weighted by atomic mass is 15.3. The van der Waals surface area contributed by atoms with Crippen molar-refractivity contribution in [3.05, 3.63) is 35.4 Å². The van der Waals surface area contributed by atoms with Crippen LogP contribution in [-0.2, 0) is 13.0 Å². The Morgan fingerprint density at radius 1 is 1.14 bits per heavy atom. The average Bonchev–Trinajstić information content (AvgIpc) is 2.50. The summed E-state index contributed by atoms with van der Waals surface area (Å²) in [6.07, 6.45) is 5.18. The number of benzene rings is 1. The topological polar surface area (TPSA) is 32.5 Å². The van der Waals surface area contributed by atoms with Crippen molar-refractivity contribution in [2.24, 2.45) is 5.73 Å². The number of piperidine rings is 1. The number of hydrogen-bond donors (Lipinski definition) is 1. The van der Waals surface area contributed by atoms with Gasteiger partial charge in [0.25, 0.3) is 0 Å². The van der Waals surface area contributed by atoms with Gasteiger partial charge in [0.1, 0.15) is 0 Å². The van der Waals surface area contributed by atoms with Gasteiger partial charge in [-0.05, 0) is 50.4 Å². The molecule has 2 fully saturated rings. The molecule has 116 valence electrons. The Kier molecular flexibility index (Phi) is 4.94. The van der Waals surface area contributed by atoms with E-state index in [0.717, 1.165) is 25.6 Å².